The molecule has 1 aromatic heterocycles. The Morgan fingerprint density at radius 2 is 1.83 bits per heavy atom. The third-order valence-electron chi connectivity index (χ3n) is 5.57. The van der Waals surface area contributed by atoms with Crippen LogP contribution in [0.4, 0.5) is 5.13 Å². The third kappa shape index (κ3) is 4.27. The average Bonchev–Trinajstić information content (AvgIpc) is 3.37. The Bertz CT molecular complexity index is 1510. The quantitative estimate of drug-likeness (QED) is 0.180. The first-order valence-electron chi connectivity index (χ1n) is 10.7. The van der Waals surface area contributed by atoms with E-state index in [1.165, 1.54) is 16.2 Å². The molecule has 0 aliphatic carbocycles. The molecule has 1 atom stereocenters. The molecule has 5 rings (SSSR count). The molecular weight excluding hydrogens is 507 g/mol. The zero-order chi connectivity index (χ0) is 24.7. The van der Waals surface area contributed by atoms with E-state index in [2.05, 4.69) is 4.98 Å². The summed E-state index contributed by atoms with van der Waals surface area (Å²) in [4.78, 5) is 32.6. The molecule has 35 heavy (non-hydrogen) atoms. The number of Topliss-reactive ketones (excluding diaryl/α,β-unsaturated/α-hetero) is 1. The van der Waals surface area contributed by atoms with Crippen LogP contribution in [-0.4, -0.2) is 28.4 Å². The number of ketones is 1. The normalized spacial score (nSPS) is 17.3. The number of anilines is 1. The fourth-order valence-corrected chi connectivity index (χ4v) is 5.53. The molecule has 1 N–H and O–H groups in total. The van der Waals surface area contributed by atoms with Gasteiger partial charge in [0.05, 0.1) is 28.4 Å². The zero-order valence-corrected chi connectivity index (χ0v) is 20.7. The SMILES string of the molecule is CCOc1cccc(C(O)=C2C(=O)C(=O)N(c3nc4ccc(Cl)cc4s3)C2c2cccc(Cl)c2)c1. The molecule has 9 heteroatoms. The number of amides is 1. The minimum atomic E-state index is -0.930. The maximum atomic E-state index is 13.3. The number of aliphatic hydroxyl groups is 1. The summed E-state index contributed by atoms with van der Waals surface area (Å²) in [6.45, 7) is 2.29. The van der Waals surface area contributed by atoms with Crippen LogP contribution in [0.3, 0.4) is 0 Å². The number of thiazole rings is 1. The van der Waals surface area contributed by atoms with Crippen LogP contribution in [0.5, 0.6) is 5.75 Å². The summed E-state index contributed by atoms with van der Waals surface area (Å²) in [6.07, 6.45) is 0. The fourth-order valence-electron chi connectivity index (χ4n) is 4.07. The lowest BCUT2D eigenvalue weighted by molar-refractivity contribution is -0.132. The Labute approximate surface area is 215 Å². The second-order valence-electron chi connectivity index (χ2n) is 7.79. The standard InChI is InChI=1S/C26H18Cl2N2O4S/c1-2-34-18-8-4-6-15(12-18)23(31)21-22(14-5-3-7-16(27)11-14)30(25(33)24(21)32)26-29-19-10-9-17(28)13-20(19)35-26/h3-13,22,31H,2H2,1H3. The predicted octanol–water partition coefficient (Wildman–Crippen LogP) is 6.63. The summed E-state index contributed by atoms with van der Waals surface area (Å²) in [6, 6.07) is 17.9. The molecule has 3 aromatic carbocycles. The van der Waals surface area contributed by atoms with E-state index in [0.29, 0.717) is 44.2 Å². The minimum Gasteiger partial charge on any atom is -0.507 e. The highest BCUT2D eigenvalue weighted by atomic mass is 35.5. The van der Waals surface area contributed by atoms with Crippen molar-refractivity contribution >= 4 is 67.3 Å². The van der Waals surface area contributed by atoms with E-state index in [0.717, 1.165) is 4.70 Å². The van der Waals surface area contributed by atoms with Crippen LogP contribution in [0.25, 0.3) is 16.0 Å². The van der Waals surface area contributed by atoms with Crippen LogP contribution in [0, 0.1) is 0 Å². The second-order valence-corrected chi connectivity index (χ2v) is 9.68. The Kier molecular flexibility index (Phi) is 6.23. The van der Waals surface area contributed by atoms with Crippen molar-refractivity contribution in [1.82, 2.24) is 4.98 Å². The van der Waals surface area contributed by atoms with Crippen LogP contribution in [-0.2, 0) is 9.59 Å². The van der Waals surface area contributed by atoms with E-state index in [-0.39, 0.29) is 11.3 Å². The maximum Gasteiger partial charge on any atom is 0.301 e. The van der Waals surface area contributed by atoms with Gasteiger partial charge < -0.3 is 9.84 Å². The topological polar surface area (TPSA) is 79.7 Å². The van der Waals surface area contributed by atoms with E-state index in [1.54, 1.807) is 66.7 Å². The smallest absolute Gasteiger partial charge is 0.301 e. The Morgan fingerprint density at radius 3 is 2.60 bits per heavy atom. The number of aliphatic hydroxyl groups excluding tert-OH is 1. The summed E-state index contributed by atoms with van der Waals surface area (Å²) < 4.78 is 6.30. The fraction of sp³-hybridized carbons (Fsp3) is 0.115. The molecule has 0 radical (unpaired) electrons. The van der Waals surface area contributed by atoms with Crippen LogP contribution in [0.15, 0.2) is 72.3 Å². The van der Waals surface area contributed by atoms with E-state index in [9.17, 15) is 14.7 Å². The Morgan fingerprint density at radius 1 is 1.06 bits per heavy atom. The van der Waals surface area contributed by atoms with Gasteiger partial charge in [-0.05, 0) is 55.0 Å². The lowest BCUT2D eigenvalue weighted by atomic mass is 9.95. The van der Waals surface area contributed by atoms with Gasteiger partial charge in [-0.15, -0.1) is 0 Å². The van der Waals surface area contributed by atoms with Gasteiger partial charge in [-0.2, -0.15) is 0 Å². The molecule has 0 saturated carbocycles. The number of hydrogen-bond acceptors (Lipinski definition) is 6. The molecule has 6 nitrogen and oxygen atoms in total. The van der Waals surface area contributed by atoms with Crippen LogP contribution < -0.4 is 9.64 Å². The van der Waals surface area contributed by atoms with Gasteiger partial charge >= 0.3 is 5.91 Å². The average molecular weight is 525 g/mol. The predicted molar refractivity (Wildman–Crippen MR) is 138 cm³/mol. The zero-order valence-electron chi connectivity index (χ0n) is 18.4. The number of rotatable bonds is 5. The van der Waals surface area contributed by atoms with E-state index >= 15 is 0 Å². The van der Waals surface area contributed by atoms with Crippen molar-refractivity contribution in [2.75, 3.05) is 11.5 Å². The van der Waals surface area contributed by atoms with Gasteiger partial charge in [0, 0.05) is 15.6 Å². The van der Waals surface area contributed by atoms with Crippen molar-refractivity contribution in [3.63, 3.8) is 0 Å². The van der Waals surface area contributed by atoms with Gasteiger partial charge in [-0.1, -0.05) is 58.8 Å². The van der Waals surface area contributed by atoms with Crippen molar-refractivity contribution < 1.29 is 19.4 Å². The summed E-state index contributed by atoms with van der Waals surface area (Å²) in [5, 5.41) is 12.6. The molecule has 176 valence electrons. The largest absolute Gasteiger partial charge is 0.507 e. The van der Waals surface area contributed by atoms with Gasteiger partial charge in [-0.25, -0.2) is 4.98 Å². The number of halogens is 2. The molecule has 1 amide bonds. The van der Waals surface area contributed by atoms with Crippen molar-refractivity contribution in [1.29, 1.82) is 0 Å². The van der Waals surface area contributed by atoms with Crippen molar-refractivity contribution in [2.45, 2.75) is 13.0 Å². The van der Waals surface area contributed by atoms with Crippen LogP contribution in [0.1, 0.15) is 24.1 Å². The van der Waals surface area contributed by atoms with Gasteiger partial charge in [0.25, 0.3) is 5.78 Å². The first-order valence-corrected chi connectivity index (χ1v) is 12.3. The first-order chi connectivity index (χ1) is 16.9. The second kappa shape index (κ2) is 9.34. The molecule has 0 bridgehead atoms. The molecule has 1 fully saturated rings. The third-order valence-corrected chi connectivity index (χ3v) is 7.06. The first kappa shape index (κ1) is 23.4. The van der Waals surface area contributed by atoms with Crippen molar-refractivity contribution in [3.05, 3.63) is 93.5 Å². The van der Waals surface area contributed by atoms with E-state index < -0.39 is 17.7 Å². The molecule has 2 heterocycles. The Balaban J connectivity index is 1.72. The lowest BCUT2D eigenvalue weighted by Gasteiger charge is -2.23. The molecule has 1 aliphatic rings. The van der Waals surface area contributed by atoms with Crippen LogP contribution in [0.2, 0.25) is 10.0 Å². The van der Waals surface area contributed by atoms with Gasteiger partial charge in [0.15, 0.2) is 5.13 Å². The van der Waals surface area contributed by atoms with Gasteiger partial charge in [0.2, 0.25) is 0 Å². The molecule has 0 spiro atoms. The highest BCUT2D eigenvalue weighted by Gasteiger charge is 2.48. The van der Waals surface area contributed by atoms with E-state index in [1.807, 2.05) is 6.92 Å². The molecule has 1 aliphatic heterocycles. The lowest BCUT2D eigenvalue weighted by Crippen LogP contribution is -2.29. The number of carbonyl (C=O) groups is 2. The minimum absolute atomic E-state index is 0.0526. The summed E-state index contributed by atoms with van der Waals surface area (Å²) in [5.41, 5.74) is 1.52. The number of carbonyl (C=O) groups excluding carboxylic acids is 2. The number of nitrogens with zero attached hydrogens (tertiary/aromatic N) is 2. The maximum absolute atomic E-state index is 13.3. The van der Waals surface area contributed by atoms with Gasteiger partial charge in [-0.3, -0.25) is 14.5 Å². The van der Waals surface area contributed by atoms with Gasteiger partial charge in [0.1, 0.15) is 11.5 Å². The molecule has 1 saturated heterocycles. The molecular formula is C26H18Cl2N2O4S. The number of aromatic nitrogens is 1. The summed E-state index contributed by atoms with van der Waals surface area (Å²) in [5.74, 6) is -1.37. The highest BCUT2D eigenvalue weighted by molar-refractivity contribution is 7.22. The number of fused-ring (bicyclic) bond motifs is 1. The number of ether oxygens (including phenoxy) is 1. The summed E-state index contributed by atoms with van der Waals surface area (Å²) >= 11 is 13.6. The Hall–Kier alpha value is -3.39. The number of benzene rings is 3. The van der Waals surface area contributed by atoms with E-state index in [4.69, 9.17) is 27.9 Å². The monoisotopic (exact) mass is 524 g/mol. The number of hydrogen-bond donors (Lipinski definition) is 1. The molecule has 4 aromatic rings. The van der Waals surface area contributed by atoms with Crippen LogP contribution >= 0.6 is 34.5 Å². The van der Waals surface area contributed by atoms with Crippen molar-refractivity contribution in [2.24, 2.45) is 0 Å². The highest BCUT2D eigenvalue weighted by Crippen LogP contribution is 2.45. The molecule has 1 unspecified atom stereocenters. The van der Waals surface area contributed by atoms with Crippen molar-refractivity contribution in [3.8, 4) is 5.75 Å². The summed E-state index contributed by atoms with van der Waals surface area (Å²) in [7, 11) is 0.